The van der Waals surface area contributed by atoms with Gasteiger partial charge in [-0.15, -0.1) is 0 Å². The van der Waals surface area contributed by atoms with Crippen molar-refractivity contribution in [2.45, 2.75) is 20.3 Å². The van der Waals surface area contributed by atoms with Crippen LogP contribution in [0.2, 0.25) is 0 Å². The van der Waals surface area contributed by atoms with E-state index in [0.29, 0.717) is 23.6 Å². The number of aromatic nitrogens is 2. The number of carbonyl (C=O) groups excluding carboxylic acids is 2. The quantitative estimate of drug-likeness (QED) is 0.811. The molecular weight excluding hydrogens is 268 g/mol. The van der Waals surface area contributed by atoms with Gasteiger partial charge in [0.1, 0.15) is 11.4 Å². The molecule has 1 heterocycles. The molecule has 1 aromatic heterocycles. The molecular formula is C15H20N4O2. The molecule has 0 saturated carbocycles. The highest BCUT2D eigenvalue weighted by atomic mass is 16.1. The Labute approximate surface area is 124 Å². The summed E-state index contributed by atoms with van der Waals surface area (Å²) in [5.74, 6) is -0.527. The zero-order valence-corrected chi connectivity index (χ0v) is 12.9. The number of rotatable bonds is 5. The first-order valence-corrected chi connectivity index (χ1v) is 6.94. The first-order valence-electron chi connectivity index (χ1n) is 6.94. The highest BCUT2D eigenvalue weighted by Gasteiger charge is 2.28. The lowest BCUT2D eigenvalue weighted by molar-refractivity contribution is 0.0970. The van der Waals surface area contributed by atoms with E-state index >= 15 is 0 Å². The lowest BCUT2D eigenvalue weighted by atomic mass is 10.0. The van der Waals surface area contributed by atoms with Gasteiger partial charge in [0, 0.05) is 12.6 Å². The van der Waals surface area contributed by atoms with Crippen molar-refractivity contribution in [1.29, 1.82) is 0 Å². The second kappa shape index (κ2) is 6.13. The van der Waals surface area contributed by atoms with Gasteiger partial charge in [-0.25, -0.2) is 9.97 Å². The smallest absolute Gasteiger partial charge is 0.229 e. The third-order valence-corrected chi connectivity index (χ3v) is 3.37. The van der Waals surface area contributed by atoms with Gasteiger partial charge in [-0.2, -0.15) is 0 Å². The average molecular weight is 288 g/mol. The Morgan fingerprint density at radius 1 is 1.10 bits per heavy atom. The summed E-state index contributed by atoms with van der Waals surface area (Å²) in [6, 6.07) is 0. The molecule has 0 aliphatic heterocycles. The summed E-state index contributed by atoms with van der Waals surface area (Å²) in [6.07, 6.45) is 2.21. The summed E-state index contributed by atoms with van der Waals surface area (Å²) < 4.78 is 0. The van der Waals surface area contributed by atoms with Crippen LogP contribution in [-0.4, -0.2) is 53.6 Å². The third kappa shape index (κ3) is 3.33. The molecule has 0 atom stereocenters. The number of carbonyl (C=O) groups is 2. The van der Waals surface area contributed by atoms with Gasteiger partial charge in [0.15, 0.2) is 0 Å². The molecule has 6 heteroatoms. The fraction of sp³-hybridized carbons (Fsp3) is 0.467. The van der Waals surface area contributed by atoms with Crippen molar-refractivity contribution in [1.82, 2.24) is 20.2 Å². The predicted octanol–water partition coefficient (Wildman–Crippen LogP) is 0.898. The van der Waals surface area contributed by atoms with Gasteiger partial charge >= 0.3 is 0 Å². The molecule has 0 bridgehead atoms. The average Bonchev–Trinajstić information content (AvgIpc) is 2.42. The van der Waals surface area contributed by atoms with Crippen molar-refractivity contribution in [3.63, 3.8) is 0 Å². The van der Waals surface area contributed by atoms with Crippen LogP contribution >= 0.6 is 0 Å². The van der Waals surface area contributed by atoms with Crippen LogP contribution in [-0.2, 0) is 0 Å². The molecule has 0 spiro atoms. The molecule has 6 nitrogen and oxygen atoms in total. The monoisotopic (exact) mass is 288 g/mol. The fourth-order valence-corrected chi connectivity index (χ4v) is 2.08. The number of nitrogens with zero attached hydrogens (tertiary/aromatic N) is 3. The van der Waals surface area contributed by atoms with Gasteiger partial charge < -0.3 is 10.2 Å². The molecule has 0 radical (unpaired) electrons. The Bertz CT molecular complexity index is 620. The zero-order chi connectivity index (χ0) is 15.6. The van der Waals surface area contributed by atoms with Gasteiger partial charge in [0.05, 0.1) is 17.1 Å². The molecule has 1 aliphatic carbocycles. The number of hydrogen-bond acceptors (Lipinski definition) is 6. The SMILES string of the molecule is Cc1nc2c(nc1C)C(=O)C(NCCCN(C)C)=CC2=O. The maximum atomic E-state index is 12.4. The van der Waals surface area contributed by atoms with E-state index in [-0.39, 0.29) is 23.0 Å². The van der Waals surface area contributed by atoms with Crippen LogP contribution in [0.3, 0.4) is 0 Å². The summed E-state index contributed by atoms with van der Waals surface area (Å²) in [6.45, 7) is 5.11. The molecule has 0 unspecified atom stereocenters. The Morgan fingerprint density at radius 3 is 2.33 bits per heavy atom. The number of hydrogen-bond donors (Lipinski definition) is 1. The van der Waals surface area contributed by atoms with E-state index < -0.39 is 0 Å². The molecule has 2 rings (SSSR count). The van der Waals surface area contributed by atoms with Crippen LogP contribution in [0, 0.1) is 13.8 Å². The van der Waals surface area contributed by atoms with Gasteiger partial charge in [0.25, 0.3) is 0 Å². The van der Waals surface area contributed by atoms with Crippen molar-refractivity contribution in [2.24, 2.45) is 0 Å². The number of ketones is 2. The van der Waals surface area contributed by atoms with Crippen LogP contribution in [0.5, 0.6) is 0 Å². The molecule has 0 saturated heterocycles. The lowest BCUT2D eigenvalue weighted by Crippen LogP contribution is -2.30. The molecule has 21 heavy (non-hydrogen) atoms. The minimum absolute atomic E-state index is 0.153. The molecule has 1 aromatic rings. The largest absolute Gasteiger partial charge is 0.382 e. The molecule has 1 N–H and O–H groups in total. The minimum Gasteiger partial charge on any atom is -0.382 e. The van der Waals surface area contributed by atoms with E-state index in [0.717, 1.165) is 13.0 Å². The molecule has 0 fully saturated rings. The fourth-order valence-electron chi connectivity index (χ4n) is 2.08. The first-order chi connectivity index (χ1) is 9.90. The van der Waals surface area contributed by atoms with E-state index in [1.165, 1.54) is 6.08 Å². The highest BCUT2D eigenvalue weighted by Crippen LogP contribution is 2.18. The Morgan fingerprint density at radius 2 is 1.71 bits per heavy atom. The second-order valence-corrected chi connectivity index (χ2v) is 5.43. The van der Waals surface area contributed by atoms with Gasteiger partial charge in [-0.05, 0) is 40.9 Å². The van der Waals surface area contributed by atoms with Crippen LogP contribution in [0.25, 0.3) is 0 Å². The molecule has 112 valence electrons. The zero-order valence-electron chi connectivity index (χ0n) is 12.9. The van der Waals surface area contributed by atoms with Crippen molar-refractivity contribution in [3.05, 3.63) is 34.5 Å². The Kier molecular flexibility index (Phi) is 4.47. The minimum atomic E-state index is -0.268. The first kappa shape index (κ1) is 15.3. The summed E-state index contributed by atoms with van der Waals surface area (Å²) in [4.78, 5) is 34.9. The standard InChI is InChI=1S/C15H20N4O2/c1-9-10(2)18-14-13(17-9)12(20)8-11(15(14)21)16-6-5-7-19(3)4/h8,16H,5-7H2,1-4H3. The number of nitrogens with one attached hydrogen (secondary N) is 1. The van der Waals surface area contributed by atoms with Crippen molar-refractivity contribution < 1.29 is 9.59 Å². The predicted molar refractivity (Wildman–Crippen MR) is 79.4 cm³/mol. The van der Waals surface area contributed by atoms with Crippen LogP contribution in [0.1, 0.15) is 38.8 Å². The molecule has 1 aliphatic rings. The lowest BCUT2D eigenvalue weighted by Gasteiger charge is -2.17. The number of aryl methyl sites for hydroxylation is 2. The number of fused-ring (bicyclic) bond motifs is 1. The van der Waals surface area contributed by atoms with Crippen LogP contribution in [0.4, 0.5) is 0 Å². The molecule has 0 amide bonds. The normalized spacial score (nSPS) is 14.2. The van der Waals surface area contributed by atoms with E-state index in [4.69, 9.17) is 0 Å². The Hall–Kier alpha value is -2.08. The second-order valence-electron chi connectivity index (χ2n) is 5.43. The summed E-state index contributed by atoms with van der Waals surface area (Å²) in [5, 5.41) is 3.03. The van der Waals surface area contributed by atoms with Crippen molar-refractivity contribution >= 4 is 11.6 Å². The Balaban J connectivity index is 2.15. The number of Topliss-reactive ketones (excluding diaryl/α,β-unsaturated/α-hetero) is 1. The topological polar surface area (TPSA) is 75.2 Å². The van der Waals surface area contributed by atoms with E-state index in [1.54, 1.807) is 13.8 Å². The van der Waals surface area contributed by atoms with Gasteiger partial charge in [-0.3, -0.25) is 9.59 Å². The van der Waals surface area contributed by atoms with E-state index in [9.17, 15) is 9.59 Å². The van der Waals surface area contributed by atoms with E-state index in [1.807, 2.05) is 14.1 Å². The van der Waals surface area contributed by atoms with Gasteiger partial charge in [-0.1, -0.05) is 0 Å². The van der Waals surface area contributed by atoms with E-state index in [2.05, 4.69) is 20.2 Å². The molecule has 0 aromatic carbocycles. The van der Waals surface area contributed by atoms with Crippen LogP contribution in [0.15, 0.2) is 11.8 Å². The maximum Gasteiger partial charge on any atom is 0.229 e. The number of allylic oxidation sites excluding steroid dienone is 2. The van der Waals surface area contributed by atoms with Crippen molar-refractivity contribution in [3.8, 4) is 0 Å². The summed E-state index contributed by atoms with van der Waals surface area (Å²) >= 11 is 0. The third-order valence-electron chi connectivity index (χ3n) is 3.37. The maximum absolute atomic E-state index is 12.4. The summed E-state index contributed by atoms with van der Waals surface area (Å²) in [5.41, 5.74) is 1.96. The highest BCUT2D eigenvalue weighted by molar-refractivity contribution is 6.22. The van der Waals surface area contributed by atoms with Crippen molar-refractivity contribution in [2.75, 3.05) is 27.2 Å². The summed E-state index contributed by atoms with van der Waals surface area (Å²) in [7, 11) is 3.98. The van der Waals surface area contributed by atoms with Gasteiger partial charge in [0.2, 0.25) is 11.6 Å². The van der Waals surface area contributed by atoms with Crippen LogP contribution < -0.4 is 5.32 Å².